The molecule has 2 aliphatic rings. The van der Waals surface area contributed by atoms with Crippen molar-refractivity contribution in [1.29, 1.82) is 5.26 Å². The molecule has 1 amide bonds. The Morgan fingerprint density at radius 2 is 2.24 bits per heavy atom. The molecule has 1 saturated carbocycles. The maximum absolute atomic E-state index is 12.5. The van der Waals surface area contributed by atoms with Crippen molar-refractivity contribution in [3.8, 4) is 6.07 Å². The van der Waals surface area contributed by atoms with Crippen molar-refractivity contribution in [1.82, 2.24) is 10.3 Å². The second kappa shape index (κ2) is 5.98. The van der Waals surface area contributed by atoms with Crippen LogP contribution in [-0.4, -0.2) is 27.9 Å². The molecule has 1 aliphatic heterocycles. The van der Waals surface area contributed by atoms with E-state index in [1.165, 1.54) is 37.0 Å². The first-order valence-corrected chi connectivity index (χ1v) is 9.39. The molecule has 3 rings (SSSR count). The van der Waals surface area contributed by atoms with E-state index in [1.807, 2.05) is 6.92 Å². The van der Waals surface area contributed by atoms with Crippen molar-refractivity contribution in [2.45, 2.75) is 50.5 Å². The third-order valence-corrected chi connectivity index (χ3v) is 6.82. The third kappa shape index (κ3) is 2.95. The van der Waals surface area contributed by atoms with Gasteiger partial charge in [-0.05, 0) is 31.9 Å². The minimum atomic E-state index is -0.689. The first-order chi connectivity index (χ1) is 10.1. The number of hydrogen-bond acceptors (Lipinski definition) is 5. The fourth-order valence-corrected chi connectivity index (χ4v) is 5.43. The van der Waals surface area contributed by atoms with Gasteiger partial charge in [-0.1, -0.05) is 12.8 Å². The average molecular weight is 321 g/mol. The number of aromatic nitrogens is 1. The van der Waals surface area contributed by atoms with Crippen molar-refractivity contribution < 1.29 is 4.79 Å². The molecular weight excluding hydrogens is 302 g/mol. The molecule has 1 aromatic rings. The van der Waals surface area contributed by atoms with Crippen LogP contribution in [0, 0.1) is 18.3 Å². The maximum atomic E-state index is 12.5. The Bertz CT molecular complexity index is 578. The molecule has 1 saturated heterocycles. The van der Waals surface area contributed by atoms with E-state index in [1.54, 1.807) is 11.8 Å². The number of nitriles is 1. The molecule has 6 heteroatoms. The molecule has 0 bridgehead atoms. The highest BCUT2D eigenvalue weighted by Crippen LogP contribution is 2.37. The fraction of sp³-hybridized carbons (Fsp3) is 0.667. The summed E-state index contributed by atoms with van der Waals surface area (Å²) in [5, 5.41) is 13.4. The topological polar surface area (TPSA) is 65.8 Å². The molecule has 4 nitrogen and oxygen atoms in total. The van der Waals surface area contributed by atoms with Gasteiger partial charge < -0.3 is 5.32 Å². The molecule has 0 radical (unpaired) electrons. The lowest BCUT2D eigenvalue weighted by Crippen LogP contribution is -2.47. The van der Waals surface area contributed by atoms with Crippen molar-refractivity contribution >= 4 is 29.0 Å². The van der Waals surface area contributed by atoms with Crippen LogP contribution in [0.4, 0.5) is 0 Å². The number of rotatable bonds is 3. The zero-order valence-corrected chi connectivity index (χ0v) is 13.8. The Morgan fingerprint density at radius 3 is 2.86 bits per heavy atom. The van der Waals surface area contributed by atoms with E-state index in [4.69, 9.17) is 0 Å². The van der Waals surface area contributed by atoms with Crippen LogP contribution in [0.3, 0.4) is 0 Å². The Hall–Kier alpha value is -1.06. The number of nitrogens with zero attached hydrogens (tertiary/aromatic N) is 2. The summed E-state index contributed by atoms with van der Waals surface area (Å²) < 4.78 is 0. The minimum absolute atomic E-state index is 0.127. The molecule has 1 N–H and O–H groups in total. The molecule has 0 aromatic carbocycles. The number of thioether (sulfide) groups is 1. The molecular formula is C15H19N3OS2. The first-order valence-electron chi connectivity index (χ1n) is 7.42. The van der Waals surface area contributed by atoms with E-state index in [9.17, 15) is 10.1 Å². The summed E-state index contributed by atoms with van der Waals surface area (Å²) in [6, 6.07) is 2.29. The van der Waals surface area contributed by atoms with Crippen molar-refractivity contribution in [3.05, 3.63) is 15.6 Å². The highest BCUT2D eigenvalue weighted by Gasteiger charge is 2.37. The van der Waals surface area contributed by atoms with Crippen LogP contribution in [0.25, 0.3) is 0 Å². The zero-order chi connectivity index (χ0) is 14.9. The van der Waals surface area contributed by atoms with E-state index in [0.717, 1.165) is 22.9 Å². The van der Waals surface area contributed by atoms with Gasteiger partial charge in [-0.3, -0.25) is 4.79 Å². The van der Waals surface area contributed by atoms with Crippen LogP contribution in [0.5, 0.6) is 0 Å². The lowest BCUT2D eigenvalue weighted by molar-refractivity contribution is 0.0929. The number of amides is 1. The third-order valence-electron chi connectivity index (χ3n) is 4.31. The molecule has 1 atom stereocenters. The van der Waals surface area contributed by atoms with Gasteiger partial charge in [-0.25, -0.2) is 4.98 Å². The standard InChI is InChI=1S/C15H19N3OS2/c1-10-12(21-14(17-10)11-4-2-3-5-11)13(19)18-15(8-16)6-7-20-9-15/h11H,2-7,9H2,1H3,(H,18,19)/t15-/m1/s1. The summed E-state index contributed by atoms with van der Waals surface area (Å²) in [5.74, 6) is 2.02. The molecule has 0 unspecified atom stereocenters. The smallest absolute Gasteiger partial charge is 0.264 e. The normalized spacial score (nSPS) is 25.9. The van der Waals surface area contributed by atoms with Crippen LogP contribution in [0.2, 0.25) is 0 Å². The van der Waals surface area contributed by atoms with Crippen LogP contribution in [0.15, 0.2) is 0 Å². The van der Waals surface area contributed by atoms with Gasteiger partial charge in [0.15, 0.2) is 0 Å². The van der Waals surface area contributed by atoms with E-state index < -0.39 is 5.54 Å². The molecule has 0 spiro atoms. The fourth-order valence-electron chi connectivity index (χ4n) is 3.03. The van der Waals surface area contributed by atoms with Gasteiger partial charge in [0.1, 0.15) is 10.4 Å². The van der Waals surface area contributed by atoms with Crippen molar-refractivity contribution in [2.75, 3.05) is 11.5 Å². The Kier molecular flexibility index (Phi) is 4.23. The van der Waals surface area contributed by atoms with Gasteiger partial charge in [0.25, 0.3) is 5.91 Å². The van der Waals surface area contributed by atoms with Gasteiger partial charge in [0.2, 0.25) is 0 Å². The second-order valence-electron chi connectivity index (χ2n) is 5.90. The molecule has 112 valence electrons. The Balaban J connectivity index is 1.77. The summed E-state index contributed by atoms with van der Waals surface area (Å²) in [7, 11) is 0. The predicted octanol–water partition coefficient (Wildman–Crippen LogP) is 3.24. The Morgan fingerprint density at radius 1 is 1.48 bits per heavy atom. The predicted molar refractivity (Wildman–Crippen MR) is 85.8 cm³/mol. The monoisotopic (exact) mass is 321 g/mol. The van der Waals surface area contributed by atoms with Crippen LogP contribution in [0.1, 0.15) is 58.4 Å². The zero-order valence-electron chi connectivity index (χ0n) is 12.1. The van der Waals surface area contributed by atoms with Gasteiger partial charge in [0.05, 0.1) is 16.8 Å². The highest BCUT2D eigenvalue weighted by atomic mass is 32.2. The van der Waals surface area contributed by atoms with Gasteiger partial charge in [-0.15, -0.1) is 11.3 Å². The van der Waals surface area contributed by atoms with E-state index in [0.29, 0.717) is 16.5 Å². The minimum Gasteiger partial charge on any atom is -0.332 e. The van der Waals surface area contributed by atoms with Gasteiger partial charge in [0, 0.05) is 11.7 Å². The van der Waals surface area contributed by atoms with Crippen molar-refractivity contribution in [3.63, 3.8) is 0 Å². The van der Waals surface area contributed by atoms with E-state index in [-0.39, 0.29) is 5.91 Å². The molecule has 1 aliphatic carbocycles. The summed E-state index contributed by atoms with van der Waals surface area (Å²) in [4.78, 5) is 17.8. The van der Waals surface area contributed by atoms with E-state index in [2.05, 4.69) is 16.4 Å². The maximum Gasteiger partial charge on any atom is 0.264 e. The van der Waals surface area contributed by atoms with E-state index >= 15 is 0 Å². The van der Waals surface area contributed by atoms with Gasteiger partial charge >= 0.3 is 0 Å². The van der Waals surface area contributed by atoms with Crippen LogP contribution >= 0.6 is 23.1 Å². The number of hydrogen-bond donors (Lipinski definition) is 1. The SMILES string of the molecule is Cc1nc(C2CCCC2)sc1C(=O)N[C@@]1(C#N)CCSC1. The van der Waals surface area contributed by atoms with Gasteiger partial charge in [-0.2, -0.15) is 17.0 Å². The quantitative estimate of drug-likeness (QED) is 0.928. The molecule has 21 heavy (non-hydrogen) atoms. The number of carbonyl (C=O) groups is 1. The molecule has 2 fully saturated rings. The number of carbonyl (C=O) groups excluding carboxylic acids is 1. The highest BCUT2D eigenvalue weighted by molar-refractivity contribution is 7.99. The number of aryl methyl sites for hydroxylation is 1. The molecule has 2 heterocycles. The number of nitrogens with one attached hydrogen (secondary N) is 1. The average Bonchev–Trinajstić information content (AvgIpc) is 3.18. The lowest BCUT2D eigenvalue weighted by Gasteiger charge is -2.20. The summed E-state index contributed by atoms with van der Waals surface area (Å²) >= 11 is 3.24. The van der Waals surface area contributed by atoms with Crippen molar-refractivity contribution in [2.24, 2.45) is 0 Å². The second-order valence-corrected chi connectivity index (χ2v) is 8.03. The largest absolute Gasteiger partial charge is 0.332 e. The van der Waals surface area contributed by atoms with Crippen LogP contribution in [-0.2, 0) is 0 Å². The summed E-state index contributed by atoms with van der Waals surface area (Å²) in [6.07, 6.45) is 5.63. The first kappa shape index (κ1) is 14.9. The molecule has 1 aromatic heterocycles. The number of thiazole rings is 1. The van der Waals surface area contributed by atoms with Crippen LogP contribution < -0.4 is 5.32 Å². The summed E-state index contributed by atoms with van der Waals surface area (Å²) in [5.41, 5.74) is 0.115. The lowest BCUT2D eigenvalue weighted by atomic mass is 10.0. The Labute approximate surface area is 133 Å². The summed E-state index contributed by atoms with van der Waals surface area (Å²) in [6.45, 7) is 1.90.